The quantitative estimate of drug-likeness (QED) is 0.227. The molecule has 2 aromatic heterocycles. The summed E-state index contributed by atoms with van der Waals surface area (Å²) in [5.41, 5.74) is 5.63. The number of carbonyl (C=O) groups excluding carboxylic acids is 3. The number of halogens is 2. The van der Waals surface area contributed by atoms with Crippen LogP contribution >= 0.6 is 0 Å². The lowest BCUT2D eigenvalue weighted by Crippen LogP contribution is -2.61. The average molecular weight is 807 g/mol. The van der Waals surface area contributed by atoms with Crippen LogP contribution < -0.4 is 35.4 Å². The first-order valence-electron chi connectivity index (χ1n) is 20.5. The molecule has 2 bridgehead atoms. The second-order valence-corrected chi connectivity index (χ2v) is 16.5. The van der Waals surface area contributed by atoms with E-state index in [0.29, 0.717) is 66.8 Å². The number of guanidine groups is 1. The maximum absolute atomic E-state index is 15.2. The normalized spacial score (nSPS) is 22.5. The number of imide groups is 1. The number of hydrogen-bond donors (Lipinski definition) is 3. The molecule has 3 saturated heterocycles. The van der Waals surface area contributed by atoms with E-state index in [1.54, 1.807) is 23.0 Å². The van der Waals surface area contributed by atoms with Crippen LogP contribution in [0.4, 0.5) is 31.5 Å². The maximum Gasteiger partial charge on any atom is 0.280 e. The van der Waals surface area contributed by atoms with Crippen LogP contribution in [-0.4, -0.2) is 89.9 Å². The summed E-state index contributed by atoms with van der Waals surface area (Å²) in [6, 6.07) is 13.0. The Bertz CT molecular complexity index is 2330. The smallest absolute Gasteiger partial charge is 0.280 e. The number of amides is 3. The number of nitrogens with one attached hydrogen (secondary N) is 3. The number of anilines is 4. The maximum atomic E-state index is 15.2. The second-order valence-electron chi connectivity index (χ2n) is 16.5. The fourth-order valence-electron chi connectivity index (χ4n) is 8.98. The van der Waals surface area contributed by atoms with Gasteiger partial charge in [-0.05, 0) is 87.4 Å². The van der Waals surface area contributed by atoms with Gasteiger partial charge in [-0.1, -0.05) is 6.92 Å². The van der Waals surface area contributed by atoms with E-state index in [2.05, 4.69) is 61.0 Å². The van der Waals surface area contributed by atoms with Crippen molar-refractivity contribution in [1.29, 1.82) is 0 Å². The molecule has 3 N–H and O–H groups in total. The van der Waals surface area contributed by atoms with Crippen LogP contribution in [-0.2, 0) is 16.6 Å². The summed E-state index contributed by atoms with van der Waals surface area (Å²) in [4.78, 5) is 53.4. The van der Waals surface area contributed by atoms with E-state index in [1.807, 2.05) is 18.9 Å². The molecule has 16 heteroatoms. The Kier molecular flexibility index (Phi) is 10.3. The van der Waals surface area contributed by atoms with Crippen molar-refractivity contribution in [2.45, 2.75) is 70.4 Å². The molecule has 3 amide bonds. The fourth-order valence-corrected chi connectivity index (χ4v) is 8.98. The van der Waals surface area contributed by atoms with Crippen LogP contribution in [0, 0.1) is 24.5 Å². The van der Waals surface area contributed by atoms with Crippen molar-refractivity contribution in [1.82, 2.24) is 25.4 Å². The largest absolute Gasteiger partial charge is 0.477 e. The number of hydrogen-bond acceptors (Lipinski definition) is 11. The van der Waals surface area contributed by atoms with Gasteiger partial charge in [0, 0.05) is 86.5 Å². The Morgan fingerprint density at radius 2 is 1.66 bits per heavy atom. The van der Waals surface area contributed by atoms with E-state index >= 15 is 8.78 Å². The van der Waals surface area contributed by atoms with Gasteiger partial charge in [0.1, 0.15) is 11.6 Å². The topological polar surface area (TPSA) is 149 Å². The molecule has 2 atom stereocenters. The fraction of sp³-hybridized carbons (Fsp3) is 0.442. The molecule has 5 aliphatic rings. The number of pyridine rings is 1. The minimum atomic E-state index is -1.01. The van der Waals surface area contributed by atoms with Gasteiger partial charge < -0.3 is 30.1 Å². The molecule has 308 valence electrons. The molecule has 0 unspecified atom stereocenters. The summed E-state index contributed by atoms with van der Waals surface area (Å²) in [5, 5.41) is 13.8. The number of fused-ring (bicyclic) bond motifs is 7. The standard InChI is InChI=1S/C43H48F2N10O4/c1-24-5-4-14-59-42-32(20-46-52(42)3)36-16-26(15-25(2)47-36)40(57)51-43-49-35-8-6-29(19-37(35)55(43)21-24)54-22-28(23-54)48-27-10-12-53(13-11-27)30-17-33(44)39(34(45)18-30)31-7-9-38(56)50-41(31)58/h6,8,15-20,24,27-28,31,48H,4-5,7,9-14,21-23H2,1-3H3,(H,49,51,57)(H,50,56,58)/t24-,31-/m1/s1. The monoisotopic (exact) mass is 806 g/mol. The molecule has 0 radical (unpaired) electrons. The number of nitrogens with zero attached hydrogens (tertiary/aromatic N) is 7. The predicted octanol–water partition coefficient (Wildman–Crippen LogP) is 5.27. The summed E-state index contributed by atoms with van der Waals surface area (Å²) >= 11 is 0. The number of carbonyl (C=O) groups is 3. The molecule has 59 heavy (non-hydrogen) atoms. The van der Waals surface area contributed by atoms with Crippen LogP contribution in [0.3, 0.4) is 0 Å². The number of piperidine rings is 2. The molecule has 7 heterocycles. The third kappa shape index (κ3) is 7.73. The first-order valence-corrected chi connectivity index (χ1v) is 20.5. The Morgan fingerprint density at radius 1 is 0.881 bits per heavy atom. The molecule has 4 aromatic rings. The molecule has 3 fully saturated rings. The van der Waals surface area contributed by atoms with Crippen LogP contribution in [0.15, 0.2) is 53.7 Å². The number of rotatable bonds is 5. The van der Waals surface area contributed by atoms with Gasteiger partial charge in [0.05, 0.1) is 41.4 Å². The molecule has 9 rings (SSSR count). The van der Waals surface area contributed by atoms with Gasteiger partial charge in [-0.25, -0.2) is 13.5 Å². The van der Waals surface area contributed by atoms with E-state index in [4.69, 9.17) is 9.72 Å². The molecule has 14 nitrogen and oxygen atoms in total. The van der Waals surface area contributed by atoms with Gasteiger partial charge in [-0.3, -0.25) is 24.7 Å². The van der Waals surface area contributed by atoms with Crippen LogP contribution in [0.1, 0.15) is 73.0 Å². The highest BCUT2D eigenvalue weighted by Gasteiger charge is 2.35. The zero-order valence-corrected chi connectivity index (χ0v) is 33.4. The summed E-state index contributed by atoms with van der Waals surface area (Å²) in [7, 11) is 1.84. The van der Waals surface area contributed by atoms with E-state index < -0.39 is 29.4 Å². The van der Waals surface area contributed by atoms with Crippen LogP contribution in [0.25, 0.3) is 11.3 Å². The first-order chi connectivity index (χ1) is 28.5. The Balaban J connectivity index is 0.842. The minimum absolute atomic E-state index is 0.0547. The number of aromatic nitrogens is 3. The lowest BCUT2D eigenvalue weighted by atomic mass is 9.89. The van der Waals surface area contributed by atoms with E-state index in [1.165, 1.54) is 12.1 Å². The summed E-state index contributed by atoms with van der Waals surface area (Å²) in [6.45, 7) is 8.21. The summed E-state index contributed by atoms with van der Waals surface area (Å²) < 4.78 is 38.4. The molecule has 0 saturated carbocycles. The molecular weight excluding hydrogens is 759 g/mol. The number of ether oxygens (including phenoxy) is 1. The van der Waals surface area contributed by atoms with Gasteiger partial charge in [0.2, 0.25) is 23.7 Å². The molecule has 5 aliphatic heterocycles. The van der Waals surface area contributed by atoms with Gasteiger partial charge in [-0.15, -0.1) is 0 Å². The minimum Gasteiger partial charge on any atom is -0.477 e. The van der Waals surface area contributed by atoms with Gasteiger partial charge in [0.25, 0.3) is 5.91 Å². The Hall–Kier alpha value is -5.90. The molecule has 0 aliphatic carbocycles. The van der Waals surface area contributed by atoms with Crippen LogP contribution in [0.5, 0.6) is 5.88 Å². The molecule has 0 spiro atoms. The number of aliphatic imine (C=N–C) groups is 1. The molecule has 2 aromatic carbocycles. The lowest BCUT2D eigenvalue weighted by Gasteiger charge is -2.45. The Morgan fingerprint density at radius 3 is 2.42 bits per heavy atom. The zero-order chi connectivity index (χ0) is 40.9. The van der Waals surface area contributed by atoms with Crippen molar-refractivity contribution in [2.75, 3.05) is 59.3 Å². The second kappa shape index (κ2) is 15.7. The predicted molar refractivity (Wildman–Crippen MR) is 220 cm³/mol. The Labute approximate surface area is 341 Å². The van der Waals surface area contributed by atoms with Gasteiger partial charge >= 0.3 is 0 Å². The average Bonchev–Trinajstić information content (AvgIpc) is 3.72. The third-order valence-electron chi connectivity index (χ3n) is 12.1. The van der Waals surface area contributed by atoms with Crippen LogP contribution in [0.2, 0.25) is 0 Å². The first kappa shape index (κ1) is 38.6. The highest BCUT2D eigenvalue weighted by Crippen LogP contribution is 2.39. The van der Waals surface area contributed by atoms with E-state index in [0.717, 1.165) is 61.4 Å². The van der Waals surface area contributed by atoms with Crippen molar-refractivity contribution >= 4 is 46.4 Å². The van der Waals surface area contributed by atoms with Gasteiger partial charge in [0.15, 0.2) is 0 Å². The molecular formula is C43H48F2N10O4. The summed E-state index contributed by atoms with van der Waals surface area (Å²) in [5.74, 6) is -2.58. The lowest BCUT2D eigenvalue weighted by molar-refractivity contribution is -0.134. The third-order valence-corrected chi connectivity index (χ3v) is 12.1. The highest BCUT2D eigenvalue weighted by atomic mass is 19.1. The van der Waals surface area contributed by atoms with Gasteiger partial charge in [-0.2, -0.15) is 10.1 Å². The van der Waals surface area contributed by atoms with Crippen molar-refractivity contribution in [2.24, 2.45) is 18.0 Å². The van der Waals surface area contributed by atoms with Crippen molar-refractivity contribution in [3.8, 4) is 17.1 Å². The van der Waals surface area contributed by atoms with Crippen molar-refractivity contribution in [3.63, 3.8) is 0 Å². The van der Waals surface area contributed by atoms with E-state index in [-0.39, 0.29) is 36.3 Å². The zero-order valence-electron chi connectivity index (χ0n) is 33.4. The number of benzene rings is 2. The van der Waals surface area contributed by atoms with Crippen molar-refractivity contribution < 1.29 is 27.9 Å². The van der Waals surface area contributed by atoms with Crippen molar-refractivity contribution in [3.05, 3.63) is 77.1 Å². The summed E-state index contributed by atoms with van der Waals surface area (Å²) in [6.07, 6.45) is 5.26. The van der Waals surface area contributed by atoms with E-state index in [9.17, 15) is 14.4 Å². The highest BCUT2D eigenvalue weighted by molar-refractivity contribution is 6.19. The number of aryl methyl sites for hydroxylation is 2. The SMILES string of the molecule is Cc1cc2cc(n1)-c1cnn(C)c1OCCC[C@@H](C)CN1/C(=N/C2=O)Nc2ccc(N3CC(NC4CCN(c5cc(F)c([C@H]6CCC(=O)NC6=O)c(F)c5)CC4)C3)cc21.